The van der Waals surface area contributed by atoms with Crippen molar-refractivity contribution in [3.8, 4) is 17.0 Å². The van der Waals surface area contributed by atoms with Gasteiger partial charge in [-0.2, -0.15) is 4.68 Å². The molecule has 1 aromatic carbocycles. The molecule has 21 heavy (non-hydrogen) atoms. The average Bonchev–Trinajstić information content (AvgIpc) is 2.49. The highest BCUT2D eigenvalue weighted by molar-refractivity contribution is 5.67. The number of H-pyrrole nitrogens is 1. The minimum absolute atomic E-state index is 0.0849. The van der Waals surface area contributed by atoms with Gasteiger partial charge in [-0.15, -0.1) is 0 Å². The summed E-state index contributed by atoms with van der Waals surface area (Å²) in [4.78, 5) is 26.3. The van der Waals surface area contributed by atoms with Crippen molar-refractivity contribution in [2.45, 2.75) is 0 Å². The monoisotopic (exact) mass is 289 g/mol. The van der Waals surface area contributed by atoms with E-state index >= 15 is 0 Å². The van der Waals surface area contributed by atoms with E-state index in [1.807, 2.05) is 6.07 Å². The molecule has 1 saturated heterocycles. The number of hydrogen-bond donors (Lipinski definition) is 2. The third-order valence-corrected chi connectivity index (χ3v) is 3.40. The largest absolute Gasteiger partial charge is 0.493 e. The van der Waals surface area contributed by atoms with Crippen LogP contribution in [0.3, 0.4) is 0 Å². The number of benzene rings is 1. The first kappa shape index (κ1) is 13.4. The molecular formula is C14H15N3O4. The van der Waals surface area contributed by atoms with Crippen LogP contribution >= 0.6 is 0 Å². The molecule has 0 aliphatic carbocycles. The molecule has 0 amide bonds. The standard InChI is InChI=1S/C14H15N3O4/c18-12-11(10-4-2-1-3-5-10)13(19)17(14(20)15-12)16-6-8-21-9-7-16/h1-5,19H,6-9H2,(H,15,18,20). The third kappa shape index (κ3) is 2.43. The highest BCUT2D eigenvalue weighted by Gasteiger charge is 2.21. The summed E-state index contributed by atoms with van der Waals surface area (Å²) in [6.07, 6.45) is 0. The number of aromatic nitrogens is 2. The van der Waals surface area contributed by atoms with Gasteiger partial charge < -0.3 is 14.9 Å². The highest BCUT2D eigenvalue weighted by atomic mass is 16.5. The van der Waals surface area contributed by atoms with Crippen molar-refractivity contribution < 1.29 is 9.84 Å². The lowest BCUT2D eigenvalue weighted by molar-refractivity contribution is 0.108. The topological polar surface area (TPSA) is 87.6 Å². The number of nitrogens with zero attached hydrogens (tertiary/aromatic N) is 2. The Morgan fingerprint density at radius 3 is 2.43 bits per heavy atom. The second kappa shape index (κ2) is 5.45. The maximum atomic E-state index is 12.0. The third-order valence-electron chi connectivity index (χ3n) is 3.40. The van der Waals surface area contributed by atoms with Gasteiger partial charge in [-0.3, -0.25) is 9.78 Å². The molecule has 0 unspecified atom stereocenters. The van der Waals surface area contributed by atoms with Crippen LogP contribution in [0.5, 0.6) is 5.88 Å². The van der Waals surface area contributed by atoms with Gasteiger partial charge in [-0.05, 0) is 5.56 Å². The van der Waals surface area contributed by atoms with E-state index in [2.05, 4.69) is 4.98 Å². The van der Waals surface area contributed by atoms with Crippen molar-refractivity contribution in [1.29, 1.82) is 0 Å². The molecule has 1 fully saturated rings. The summed E-state index contributed by atoms with van der Waals surface area (Å²) in [6, 6.07) is 8.75. The summed E-state index contributed by atoms with van der Waals surface area (Å²) in [7, 11) is 0. The van der Waals surface area contributed by atoms with E-state index in [0.29, 0.717) is 31.9 Å². The van der Waals surface area contributed by atoms with Gasteiger partial charge in [0.05, 0.1) is 26.3 Å². The molecule has 0 bridgehead atoms. The predicted octanol–water partition coefficient (Wildman–Crippen LogP) is -0.123. The molecule has 2 heterocycles. The summed E-state index contributed by atoms with van der Waals surface area (Å²) in [6.45, 7) is 1.86. The van der Waals surface area contributed by atoms with E-state index in [1.165, 1.54) is 0 Å². The number of aromatic amines is 1. The zero-order valence-electron chi connectivity index (χ0n) is 11.3. The normalized spacial score (nSPS) is 15.1. The maximum Gasteiger partial charge on any atom is 0.350 e. The lowest BCUT2D eigenvalue weighted by Crippen LogP contribution is -2.50. The molecule has 3 rings (SSSR count). The number of nitrogens with one attached hydrogen (secondary N) is 1. The molecule has 1 aliphatic heterocycles. The van der Waals surface area contributed by atoms with Crippen LogP contribution in [0.2, 0.25) is 0 Å². The van der Waals surface area contributed by atoms with Crippen molar-refractivity contribution in [1.82, 2.24) is 9.66 Å². The fraction of sp³-hybridized carbons (Fsp3) is 0.286. The maximum absolute atomic E-state index is 12.0. The van der Waals surface area contributed by atoms with Crippen molar-refractivity contribution in [2.24, 2.45) is 0 Å². The number of rotatable bonds is 2. The molecular weight excluding hydrogens is 274 g/mol. The van der Waals surface area contributed by atoms with Gasteiger partial charge in [0.15, 0.2) is 0 Å². The zero-order chi connectivity index (χ0) is 14.8. The molecule has 110 valence electrons. The SMILES string of the molecule is O=c1[nH]c(=O)n(N2CCOCC2)c(O)c1-c1ccccc1. The van der Waals surface area contributed by atoms with Crippen LogP contribution in [0.1, 0.15) is 0 Å². The van der Waals surface area contributed by atoms with E-state index in [0.717, 1.165) is 4.68 Å². The Bertz CT molecular complexity index is 745. The van der Waals surface area contributed by atoms with Crippen molar-refractivity contribution >= 4 is 0 Å². The molecule has 0 radical (unpaired) electrons. The Morgan fingerprint density at radius 2 is 1.76 bits per heavy atom. The lowest BCUT2D eigenvalue weighted by Gasteiger charge is -2.30. The van der Waals surface area contributed by atoms with Crippen LogP contribution in [0.25, 0.3) is 11.1 Å². The highest BCUT2D eigenvalue weighted by Crippen LogP contribution is 2.23. The van der Waals surface area contributed by atoms with Gasteiger partial charge in [0, 0.05) is 0 Å². The zero-order valence-corrected chi connectivity index (χ0v) is 11.3. The van der Waals surface area contributed by atoms with E-state index in [9.17, 15) is 14.7 Å². The van der Waals surface area contributed by atoms with Crippen LogP contribution in [0, 0.1) is 0 Å². The lowest BCUT2D eigenvalue weighted by atomic mass is 10.1. The number of hydrogen-bond acceptors (Lipinski definition) is 5. The van der Waals surface area contributed by atoms with Gasteiger partial charge in [0.2, 0.25) is 5.88 Å². The van der Waals surface area contributed by atoms with Crippen LogP contribution in [0.4, 0.5) is 0 Å². The van der Waals surface area contributed by atoms with Gasteiger partial charge in [0.1, 0.15) is 5.56 Å². The van der Waals surface area contributed by atoms with Crippen LogP contribution in [-0.4, -0.2) is 41.1 Å². The average molecular weight is 289 g/mol. The Labute approximate surface area is 120 Å². The summed E-state index contributed by atoms with van der Waals surface area (Å²) < 4.78 is 6.33. The van der Waals surface area contributed by atoms with Gasteiger partial charge in [0.25, 0.3) is 5.56 Å². The fourth-order valence-corrected chi connectivity index (χ4v) is 2.40. The quantitative estimate of drug-likeness (QED) is 0.804. The molecule has 2 N–H and O–H groups in total. The van der Waals surface area contributed by atoms with Crippen LogP contribution in [-0.2, 0) is 4.74 Å². The molecule has 7 nitrogen and oxygen atoms in total. The molecule has 1 aromatic heterocycles. The fourth-order valence-electron chi connectivity index (χ4n) is 2.40. The summed E-state index contributed by atoms with van der Waals surface area (Å²) in [5.74, 6) is -0.350. The van der Waals surface area contributed by atoms with Gasteiger partial charge in [-0.1, -0.05) is 30.3 Å². The first-order chi connectivity index (χ1) is 10.2. The number of aromatic hydroxyl groups is 1. The predicted molar refractivity (Wildman–Crippen MR) is 77.2 cm³/mol. The van der Waals surface area contributed by atoms with Crippen molar-refractivity contribution in [2.75, 3.05) is 31.3 Å². The minimum Gasteiger partial charge on any atom is -0.493 e. The summed E-state index contributed by atoms with van der Waals surface area (Å²) in [5.41, 5.74) is -0.618. The Balaban J connectivity index is 2.18. The van der Waals surface area contributed by atoms with E-state index < -0.39 is 11.2 Å². The van der Waals surface area contributed by atoms with Crippen LogP contribution in [0.15, 0.2) is 39.9 Å². The molecule has 1 aliphatic rings. The number of morpholine rings is 1. The molecule has 0 spiro atoms. The Morgan fingerprint density at radius 1 is 1.10 bits per heavy atom. The summed E-state index contributed by atoms with van der Waals surface area (Å²) >= 11 is 0. The molecule has 2 aromatic rings. The van der Waals surface area contributed by atoms with E-state index in [4.69, 9.17) is 4.74 Å². The minimum atomic E-state index is -0.654. The summed E-state index contributed by atoms with van der Waals surface area (Å²) in [5, 5.41) is 12.1. The second-order valence-corrected chi connectivity index (χ2v) is 4.70. The second-order valence-electron chi connectivity index (χ2n) is 4.70. The van der Waals surface area contributed by atoms with Gasteiger partial charge in [-0.25, -0.2) is 4.79 Å². The Hall–Kier alpha value is -2.54. The van der Waals surface area contributed by atoms with Crippen LogP contribution < -0.4 is 16.3 Å². The Kier molecular flexibility index (Phi) is 3.49. The van der Waals surface area contributed by atoms with Gasteiger partial charge >= 0.3 is 5.69 Å². The van der Waals surface area contributed by atoms with Crippen molar-refractivity contribution in [3.05, 3.63) is 51.2 Å². The smallest absolute Gasteiger partial charge is 0.350 e. The molecule has 0 saturated carbocycles. The molecule has 0 atom stereocenters. The molecule has 7 heteroatoms. The number of ether oxygens (including phenoxy) is 1. The van der Waals surface area contributed by atoms with E-state index in [1.54, 1.807) is 29.3 Å². The van der Waals surface area contributed by atoms with E-state index in [-0.39, 0.29) is 11.4 Å². The first-order valence-corrected chi connectivity index (χ1v) is 6.65. The first-order valence-electron chi connectivity index (χ1n) is 6.65. The van der Waals surface area contributed by atoms with Crippen molar-refractivity contribution in [3.63, 3.8) is 0 Å².